The molecule has 8 nitrogen and oxygen atoms in total. The number of aromatic nitrogens is 3. The third kappa shape index (κ3) is 5.44. The number of benzene rings is 2. The van der Waals surface area contributed by atoms with Gasteiger partial charge in [0, 0.05) is 29.2 Å². The molecule has 4 aromatic rings. The summed E-state index contributed by atoms with van der Waals surface area (Å²) >= 11 is 0. The lowest BCUT2D eigenvalue weighted by molar-refractivity contribution is -0.121. The first-order valence-electron chi connectivity index (χ1n) is 12.7. The predicted octanol–water partition coefficient (Wildman–Crippen LogP) is 4.64. The molecule has 1 aliphatic rings. The highest BCUT2D eigenvalue weighted by Gasteiger charge is 2.20. The minimum atomic E-state index is -0.0841. The van der Waals surface area contributed by atoms with Gasteiger partial charge in [0.2, 0.25) is 17.7 Å². The summed E-state index contributed by atoms with van der Waals surface area (Å²) in [5, 5.41) is 12.6. The van der Waals surface area contributed by atoms with Crippen LogP contribution in [0.4, 0.5) is 0 Å². The summed E-state index contributed by atoms with van der Waals surface area (Å²) in [4.78, 5) is 15.2. The van der Waals surface area contributed by atoms with Gasteiger partial charge in [-0.3, -0.25) is 9.69 Å². The molecular weight excluding hydrogens is 454 g/mol. The zero-order valence-corrected chi connectivity index (χ0v) is 20.9. The number of hydrogen-bond donors (Lipinski definition) is 1. The minimum Gasteiger partial charge on any atom is -0.494 e. The third-order valence-electron chi connectivity index (χ3n) is 6.78. The molecule has 2 aromatic heterocycles. The van der Waals surface area contributed by atoms with Crippen LogP contribution in [0.25, 0.3) is 22.4 Å². The summed E-state index contributed by atoms with van der Waals surface area (Å²) in [6, 6.07) is 15.7. The number of carbonyl (C=O) groups excluding carboxylic acids is 1. The molecule has 3 heterocycles. The Bertz CT molecular complexity index is 1320. The maximum Gasteiger partial charge on any atom is 0.249 e. The molecule has 188 valence electrons. The second kappa shape index (κ2) is 11.0. The van der Waals surface area contributed by atoms with E-state index < -0.39 is 0 Å². The Morgan fingerprint density at radius 2 is 1.89 bits per heavy atom. The Morgan fingerprint density at radius 3 is 2.72 bits per heavy atom. The number of carbonyl (C=O) groups is 1. The number of piperidine rings is 1. The molecule has 0 bridgehead atoms. The monoisotopic (exact) mass is 487 g/mol. The van der Waals surface area contributed by atoms with Gasteiger partial charge in [-0.15, -0.1) is 10.2 Å². The van der Waals surface area contributed by atoms with E-state index >= 15 is 0 Å². The van der Waals surface area contributed by atoms with Crippen molar-refractivity contribution in [3.05, 3.63) is 66.2 Å². The van der Waals surface area contributed by atoms with Crippen LogP contribution in [0.2, 0.25) is 0 Å². The first kappa shape index (κ1) is 24.1. The Kier molecular flexibility index (Phi) is 7.32. The van der Waals surface area contributed by atoms with Crippen molar-refractivity contribution in [3.8, 4) is 17.2 Å². The number of hydrogen-bond acceptors (Lipinski definition) is 6. The van der Waals surface area contributed by atoms with Crippen LogP contribution in [0.15, 0.2) is 59.1 Å². The van der Waals surface area contributed by atoms with Crippen molar-refractivity contribution < 1.29 is 13.9 Å². The average Bonchev–Trinajstić information content (AvgIpc) is 3.50. The lowest BCUT2D eigenvalue weighted by Gasteiger charge is -2.28. The highest BCUT2D eigenvalue weighted by Crippen LogP contribution is 2.30. The van der Waals surface area contributed by atoms with E-state index in [0.29, 0.717) is 31.5 Å². The highest BCUT2D eigenvalue weighted by molar-refractivity contribution is 5.94. The molecule has 1 N–H and O–H groups in total. The first-order chi connectivity index (χ1) is 17.6. The van der Waals surface area contributed by atoms with Gasteiger partial charge in [0.25, 0.3) is 0 Å². The summed E-state index contributed by atoms with van der Waals surface area (Å²) in [5.41, 5.74) is 2.74. The molecule has 1 saturated heterocycles. The van der Waals surface area contributed by atoms with Crippen LogP contribution < -0.4 is 10.1 Å². The number of rotatable bonds is 9. The smallest absolute Gasteiger partial charge is 0.249 e. The Labute approximate surface area is 211 Å². The van der Waals surface area contributed by atoms with Gasteiger partial charge >= 0.3 is 0 Å². The number of likely N-dealkylation sites (tertiary alicyclic amines) is 1. The summed E-state index contributed by atoms with van der Waals surface area (Å²) < 4.78 is 13.7. The van der Waals surface area contributed by atoms with Gasteiger partial charge in [-0.05, 0) is 50.9 Å². The number of nitrogens with zero attached hydrogens (tertiary/aromatic N) is 4. The first-order valence-corrected chi connectivity index (χ1v) is 12.7. The van der Waals surface area contributed by atoms with Gasteiger partial charge in [0.1, 0.15) is 12.3 Å². The molecule has 0 atom stereocenters. The summed E-state index contributed by atoms with van der Waals surface area (Å²) in [6.07, 6.45) is 4.33. The van der Waals surface area contributed by atoms with Crippen molar-refractivity contribution in [2.75, 3.05) is 19.7 Å². The van der Waals surface area contributed by atoms with Gasteiger partial charge < -0.3 is 19.0 Å². The van der Waals surface area contributed by atoms with Crippen LogP contribution in [0, 0.1) is 5.92 Å². The molecule has 8 heteroatoms. The summed E-state index contributed by atoms with van der Waals surface area (Å²) in [5.74, 6) is 2.60. The standard InChI is InChI=1S/C28H33N5O3/c1-3-35-25-11-7-4-8-21(25)16-29-26(34)18-33-17-23(22-9-5-6-10-24(22)33)28-31-30-27(36-28)19-32-14-12-20(2)13-15-32/h4-11,17,20H,3,12-16,18-19H2,1-2H3,(H,29,34). The molecular formula is C28H33N5O3. The molecule has 0 radical (unpaired) electrons. The van der Waals surface area contributed by atoms with Gasteiger partial charge in [-0.25, -0.2) is 0 Å². The zero-order valence-electron chi connectivity index (χ0n) is 20.9. The van der Waals surface area contributed by atoms with Crippen molar-refractivity contribution in [3.63, 3.8) is 0 Å². The molecule has 1 fully saturated rings. The van der Waals surface area contributed by atoms with Gasteiger partial charge in [0.15, 0.2) is 0 Å². The van der Waals surface area contributed by atoms with Crippen molar-refractivity contribution in [1.82, 2.24) is 25.0 Å². The summed E-state index contributed by atoms with van der Waals surface area (Å²) in [7, 11) is 0. The van der Waals surface area contributed by atoms with Crippen molar-refractivity contribution >= 4 is 16.8 Å². The Morgan fingerprint density at radius 1 is 1.11 bits per heavy atom. The van der Waals surface area contributed by atoms with E-state index in [1.54, 1.807) is 0 Å². The number of ether oxygens (including phenoxy) is 1. The lowest BCUT2D eigenvalue weighted by Crippen LogP contribution is -2.32. The van der Waals surface area contributed by atoms with Crippen LogP contribution in [0.3, 0.4) is 0 Å². The lowest BCUT2D eigenvalue weighted by atomic mass is 9.99. The molecule has 0 saturated carbocycles. The second-order valence-electron chi connectivity index (χ2n) is 9.46. The van der Waals surface area contributed by atoms with E-state index in [1.807, 2.05) is 66.2 Å². The quantitative estimate of drug-likeness (QED) is 0.370. The fourth-order valence-electron chi connectivity index (χ4n) is 4.74. The van der Waals surface area contributed by atoms with Gasteiger partial charge in [0.05, 0.1) is 18.7 Å². The highest BCUT2D eigenvalue weighted by atomic mass is 16.5. The predicted molar refractivity (Wildman–Crippen MR) is 138 cm³/mol. The summed E-state index contributed by atoms with van der Waals surface area (Å²) in [6.45, 7) is 8.21. The second-order valence-corrected chi connectivity index (χ2v) is 9.46. The molecule has 1 amide bonds. The van der Waals surface area contributed by atoms with E-state index in [-0.39, 0.29) is 12.5 Å². The molecule has 5 rings (SSSR count). The third-order valence-corrected chi connectivity index (χ3v) is 6.78. The van der Waals surface area contributed by atoms with E-state index in [1.165, 1.54) is 12.8 Å². The fourth-order valence-corrected chi connectivity index (χ4v) is 4.74. The Hall–Kier alpha value is -3.65. The number of nitrogens with one attached hydrogen (secondary N) is 1. The topological polar surface area (TPSA) is 85.4 Å². The number of fused-ring (bicyclic) bond motifs is 1. The molecule has 0 unspecified atom stereocenters. The molecule has 0 spiro atoms. The molecule has 2 aromatic carbocycles. The van der Waals surface area contributed by atoms with E-state index in [9.17, 15) is 4.79 Å². The molecule has 1 aliphatic heterocycles. The van der Waals surface area contributed by atoms with Crippen molar-refractivity contribution in [2.45, 2.75) is 46.3 Å². The zero-order chi connectivity index (χ0) is 24.9. The Balaban J connectivity index is 1.30. The minimum absolute atomic E-state index is 0.0841. The van der Waals surface area contributed by atoms with Crippen LogP contribution in [-0.4, -0.2) is 45.3 Å². The number of amides is 1. The van der Waals surface area contributed by atoms with Crippen molar-refractivity contribution in [2.24, 2.45) is 5.92 Å². The van der Waals surface area contributed by atoms with Crippen LogP contribution in [-0.2, 0) is 24.4 Å². The maximum atomic E-state index is 12.9. The molecule has 0 aliphatic carbocycles. The van der Waals surface area contributed by atoms with Gasteiger partial charge in [-0.1, -0.05) is 43.3 Å². The van der Waals surface area contributed by atoms with Crippen molar-refractivity contribution in [1.29, 1.82) is 0 Å². The van der Waals surface area contributed by atoms with Crippen LogP contribution in [0.1, 0.15) is 38.1 Å². The average molecular weight is 488 g/mol. The molecule has 36 heavy (non-hydrogen) atoms. The van der Waals surface area contributed by atoms with Crippen LogP contribution >= 0.6 is 0 Å². The van der Waals surface area contributed by atoms with E-state index in [0.717, 1.165) is 46.8 Å². The van der Waals surface area contributed by atoms with E-state index in [4.69, 9.17) is 9.15 Å². The van der Waals surface area contributed by atoms with E-state index in [2.05, 4.69) is 27.3 Å². The normalized spacial score (nSPS) is 14.8. The SMILES string of the molecule is CCOc1ccccc1CNC(=O)Cn1cc(-c2nnc(CN3CCC(C)CC3)o2)c2ccccc21. The fraction of sp³-hybridized carbons (Fsp3) is 0.393. The largest absolute Gasteiger partial charge is 0.494 e. The van der Waals surface area contributed by atoms with Crippen LogP contribution in [0.5, 0.6) is 5.75 Å². The van der Waals surface area contributed by atoms with Gasteiger partial charge in [-0.2, -0.15) is 0 Å². The maximum absolute atomic E-state index is 12.9. The number of para-hydroxylation sites is 2.